The SMILES string of the molecule is COc1cc(Cl)ccc1S(=O)(=O)N1CCOCC1. The van der Waals surface area contributed by atoms with Gasteiger partial charge in [0.05, 0.1) is 20.3 Å². The van der Waals surface area contributed by atoms with Crippen LogP contribution in [-0.4, -0.2) is 46.1 Å². The van der Waals surface area contributed by atoms with Crippen LogP contribution < -0.4 is 4.74 Å². The molecule has 2 rings (SSSR count). The van der Waals surface area contributed by atoms with Gasteiger partial charge < -0.3 is 9.47 Å². The van der Waals surface area contributed by atoms with Crippen LogP contribution in [0.1, 0.15) is 0 Å². The molecule has 5 nitrogen and oxygen atoms in total. The van der Waals surface area contributed by atoms with Crippen molar-refractivity contribution in [1.29, 1.82) is 0 Å². The average Bonchev–Trinajstić information content (AvgIpc) is 2.39. The van der Waals surface area contributed by atoms with Gasteiger partial charge in [-0.3, -0.25) is 0 Å². The molecule has 7 heteroatoms. The van der Waals surface area contributed by atoms with Crippen molar-refractivity contribution >= 4 is 21.6 Å². The number of nitrogens with zero attached hydrogens (tertiary/aromatic N) is 1. The molecule has 0 saturated carbocycles. The summed E-state index contributed by atoms with van der Waals surface area (Å²) in [4.78, 5) is 0.135. The molecule has 0 radical (unpaired) electrons. The normalized spacial score (nSPS) is 17.7. The van der Waals surface area contributed by atoms with Crippen LogP contribution in [0.3, 0.4) is 0 Å². The van der Waals surface area contributed by atoms with Gasteiger partial charge in [-0.15, -0.1) is 0 Å². The van der Waals surface area contributed by atoms with Crippen LogP contribution in [0.15, 0.2) is 23.1 Å². The Kier molecular flexibility index (Phi) is 4.11. The van der Waals surface area contributed by atoms with E-state index in [-0.39, 0.29) is 10.6 Å². The second kappa shape index (κ2) is 5.44. The number of sulfonamides is 1. The summed E-state index contributed by atoms with van der Waals surface area (Å²) in [6, 6.07) is 4.50. The Bertz CT molecular complexity index is 526. The summed E-state index contributed by atoms with van der Waals surface area (Å²) in [6.45, 7) is 1.53. The Morgan fingerprint density at radius 2 is 2.00 bits per heavy atom. The van der Waals surface area contributed by atoms with E-state index in [1.54, 1.807) is 0 Å². The van der Waals surface area contributed by atoms with E-state index in [0.29, 0.717) is 31.3 Å². The zero-order valence-electron chi connectivity index (χ0n) is 9.93. The number of ether oxygens (including phenoxy) is 2. The van der Waals surface area contributed by atoms with Crippen LogP contribution in [0.2, 0.25) is 5.02 Å². The van der Waals surface area contributed by atoms with Crippen LogP contribution in [0.25, 0.3) is 0 Å². The molecule has 18 heavy (non-hydrogen) atoms. The van der Waals surface area contributed by atoms with Crippen molar-refractivity contribution in [2.24, 2.45) is 0 Å². The summed E-state index contributed by atoms with van der Waals surface area (Å²) < 4.78 is 36.5. The Labute approximate surface area is 111 Å². The van der Waals surface area contributed by atoms with Crippen molar-refractivity contribution in [1.82, 2.24) is 4.31 Å². The van der Waals surface area contributed by atoms with E-state index >= 15 is 0 Å². The van der Waals surface area contributed by atoms with Crippen molar-refractivity contribution in [2.45, 2.75) is 4.90 Å². The van der Waals surface area contributed by atoms with Crippen molar-refractivity contribution in [3.63, 3.8) is 0 Å². The minimum absolute atomic E-state index is 0.135. The zero-order valence-corrected chi connectivity index (χ0v) is 11.5. The van der Waals surface area contributed by atoms with Crippen molar-refractivity contribution in [3.8, 4) is 5.75 Å². The van der Waals surface area contributed by atoms with E-state index in [1.165, 1.54) is 29.6 Å². The maximum Gasteiger partial charge on any atom is 0.246 e. The highest BCUT2D eigenvalue weighted by Gasteiger charge is 2.29. The third kappa shape index (κ3) is 2.61. The molecule has 1 aromatic rings. The smallest absolute Gasteiger partial charge is 0.246 e. The number of rotatable bonds is 3. The van der Waals surface area contributed by atoms with Crippen molar-refractivity contribution in [3.05, 3.63) is 23.2 Å². The molecule has 0 aromatic heterocycles. The van der Waals surface area contributed by atoms with Crippen LogP contribution in [0, 0.1) is 0 Å². The Hall–Kier alpha value is -0.820. The molecular formula is C11H14ClNO4S. The Balaban J connectivity index is 2.40. The molecule has 1 fully saturated rings. The van der Waals surface area contributed by atoms with Gasteiger partial charge in [-0.2, -0.15) is 4.31 Å². The van der Waals surface area contributed by atoms with Gasteiger partial charge in [0.15, 0.2) is 0 Å². The van der Waals surface area contributed by atoms with E-state index in [2.05, 4.69) is 0 Å². The van der Waals surface area contributed by atoms with E-state index in [9.17, 15) is 8.42 Å². The summed E-state index contributed by atoms with van der Waals surface area (Å²) in [7, 11) is -2.13. The lowest BCUT2D eigenvalue weighted by Gasteiger charge is -2.26. The molecule has 0 spiro atoms. The van der Waals surface area contributed by atoms with Crippen molar-refractivity contribution < 1.29 is 17.9 Å². The highest BCUT2D eigenvalue weighted by molar-refractivity contribution is 7.89. The summed E-state index contributed by atoms with van der Waals surface area (Å²) in [5.74, 6) is 0.258. The topological polar surface area (TPSA) is 55.8 Å². The van der Waals surface area contributed by atoms with Gasteiger partial charge in [-0.25, -0.2) is 8.42 Å². The van der Waals surface area contributed by atoms with Gasteiger partial charge in [0.2, 0.25) is 10.0 Å². The molecule has 0 atom stereocenters. The van der Waals surface area contributed by atoms with E-state index in [0.717, 1.165) is 0 Å². The third-order valence-electron chi connectivity index (χ3n) is 2.71. The van der Waals surface area contributed by atoms with Gasteiger partial charge in [0, 0.05) is 24.2 Å². The number of methoxy groups -OCH3 is 1. The quantitative estimate of drug-likeness (QED) is 0.844. The molecule has 1 aliphatic rings. The monoisotopic (exact) mass is 291 g/mol. The highest BCUT2D eigenvalue weighted by atomic mass is 35.5. The second-order valence-corrected chi connectivity index (χ2v) is 6.15. The summed E-state index contributed by atoms with van der Waals surface area (Å²) in [5.41, 5.74) is 0. The molecule has 1 heterocycles. The third-order valence-corrected chi connectivity index (χ3v) is 4.89. The molecular weight excluding hydrogens is 278 g/mol. The predicted octanol–water partition coefficient (Wildman–Crippen LogP) is 1.37. The molecule has 0 N–H and O–H groups in total. The molecule has 0 aliphatic carbocycles. The summed E-state index contributed by atoms with van der Waals surface area (Å²) in [6.07, 6.45) is 0. The lowest BCUT2D eigenvalue weighted by Crippen LogP contribution is -2.40. The Morgan fingerprint density at radius 3 is 2.61 bits per heavy atom. The lowest BCUT2D eigenvalue weighted by atomic mass is 10.3. The number of benzene rings is 1. The first-order valence-electron chi connectivity index (χ1n) is 5.47. The molecule has 0 bridgehead atoms. The van der Waals surface area contributed by atoms with Gasteiger partial charge in [-0.1, -0.05) is 11.6 Å². The van der Waals surface area contributed by atoms with Crippen LogP contribution in [0.5, 0.6) is 5.75 Å². The largest absolute Gasteiger partial charge is 0.495 e. The van der Waals surface area contributed by atoms with E-state index < -0.39 is 10.0 Å². The minimum Gasteiger partial charge on any atom is -0.495 e. The first-order chi connectivity index (χ1) is 8.55. The number of hydrogen-bond acceptors (Lipinski definition) is 4. The van der Waals surface area contributed by atoms with Crippen LogP contribution in [-0.2, 0) is 14.8 Å². The fourth-order valence-corrected chi connectivity index (χ4v) is 3.49. The first kappa shape index (κ1) is 13.6. The first-order valence-corrected chi connectivity index (χ1v) is 7.29. The number of morpholine rings is 1. The highest BCUT2D eigenvalue weighted by Crippen LogP contribution is 2.29. The van der Waals surface area contributed by atoms with E-state index in [4.69, 9.17) is 21.1 Å². The molecule has 100 valence electrons. The molecule has 1 aromatic carbocycles. The summed E-state index contributed by atoms with van der Waals surface area (Å²) in [5, 5.41) is 0.438. The maximum absolute atomic E-state index is 12.4. The van der Waals surface area contributed by atoms with Gasteiger partial charge in [0.1, 0.15) is 10.6 Å². The Morgan fingerprint density at radius 1 is 1.33 bits per heavy atom. The zero-order chi connectivity index (χ0) is 13.2. The fourth-order valence-electron chi connectivity index (χ4n) is 1.78. The molecule has 1 aliphatic heterocycles. The molecule has 0 unspecified atom stereocenters. The van der Waals surface area contributed by atoms with E-state index in [1.807, 2.05) is 0 Å². The maximum atomic E-state index is 12.4. The number of hydrogen-bond donors (Lipinski definition) is 0. The average molecular weight is 292 g/mol. The van der Waals surface area contributed by atoms with Crippen LogP contribution >= 0.6 is 11.6 Å². The number of halogens is 1. The van der Waals surface area contributed by atoms with Gasteiger partial charge in [-0.05, 0) is 12.1 Å². The second-order valence-electron chi connectivity index (χ2n) is 3.81. The standard InChI is InChI=1S/C11H14ClNO4S/c1-16-10-8-9(12)2-3-11(10)18(14,15)13-4-6-17-7-5-13/h2-3,8H,4-7H2,1H3. The van der Waals surface area contributed by atoms with Crippen molar-refractivity contribution in [2.75, 3.05) is 33.4 Å². The fraction of sp³-hybridized carbons (Fsp3) is 0.455. The molecule has 1 saturated heterocycles. The summed E-state index contributed by atoms with van der Waals surface area (Å²) >= 11 is 5.82. The van der Waals surface area contributed by atoms with Gasteiger partial charge in [0.25, 0.3) is 0 Å². The van der Waals surface area contributed by atoms with Crippen LogP contribution in [0.4, 0.5) is 0 Å². The lowest BCUT2D eigenvalue weighted by molar-refractivity contribution is 0.0729. The predicted molar refractivity (Wildman–Crippen MR) is 67.6 cm³/mol. The minimum atomic E-state index is -3.55. The van der Waals surface area contributed by atoms with Gasteiger partial charge >= 0.3 is 0 Å². The molecule has 0 amide bonds.